The summed E-state index contributed by atoms with van der Waals surface area (Å²) in [6.07, 6.45) is 0. The fraction of sp³-hybridized carbons (Fsp3) is 0. The van der Waals surface area contributed by atoms with E-state index in [-0.39, 0.29) is 5.82 Å². The summed E-state index contributed by atoms with van der Waals surface area (Å²) in [6, 6.07) is 13.8. The zero-order chi connectivity index (χ0) is 15.1. The highest BCUT2D eigenvalue weighted by atomic mass is 35.5. The Kier molecular flexibility index (Phi) is 3.13. The molecule has 4 nitrogen and oxygen atoms in total. The van der Waals surface area contributed by atoms with Gasteiger partial charge in [-0.15, -0.1) is 10.2 Å². The van der Waals surface area contributed by atoms with Gasteiger partial charge in [-0.2, -0.15) is 9.61 Å². The molecule has 0 fully saturated rings. The molecule has 7 heteroatoms. The topological polar surface area (TPSA) is 43.1 Å². The maximum absolute atomic E-state index is 13.9. The Morgan fingerprint density at radius 3 is 2.73 bits per heavy atom. The van der Waals surface area contributed by atoms with E-state index in [1.54, 1.807) is 34.8 Å². The molecule has 0 spiro atoms. The van der Waals surface area contributed by atoms with Gasteiger partial charge < -0.3 is 0 Å². The molecule has 4 aromatic rings. The average Bonchev–Trinajstić information content (AvgIpc) is 3.07. The molecular formula is C15H8ClFN4S. The van der Waals surface area contributed by atoms with Gasteiger partial charge in [-0.3, -0.25) is 0 Å². The van der Waals surface area contributed by atoms with Crippen molar-refractivity contribution in [2.24, 2.45) is 0 Å². The van der Waals surface area contributed by atoms with Crippen LogP contribution in [0.25, 0.3) is 26.9 Å². The predicted molar refractivity (Wildman–Crippen MR) is 84.5 cm³/mol. The van der Waals surface area contributed by atoms with E-state index in [0.29, 0.717) is 26.4 Å². The first kappa shape index (κ1) is 13.4. The van der Waals surface area contributed by atoms with Crippen LogP contribution in [0.3, 0.4) is 0 Å². The SMILES string of the molecule is Fc1ccccc1-c1nn2c(-c3cccc(Cl)c3)nnc2s1. The van der Waals surface area contributed by atoms with Crippen molar-refractivity contribution in [2.45, 2.75) is 0 Å². The van der Waals surface area contributed by atoms with Crippen LogP contribution in [0.4, 0.5) is 4.39 Å². The van der Waals surface area contributed by atoms with Crippen molar-refractivity contribution < 1.29 is 4.39 Å². The standard InChI is InChI=1S/C15H8ClFN4S/c16-10-5-3-4-9(8-10)13-18-19-15-21(13)20-14(22-15)11-6-1-2-7-12(11)17/h1-8H. The number of hydrogen-bond acceptors (Lipinski definition) is 4. The van der Waals surface area contributed by atoms with Crippen LogP contribution in [0, 0.1) is 5.82 Å². The summed E-state index contributed by atoms with van der Waals surface area (Å²) in [5, 5.41) is 13.8. The third-order valence-electron chi connectivity index (χ3n) is 3.18. The lowest BCUT2D eigenvalue weighted by Gasteiger charge is -1.98. The van der Waals surface area contributed by atoms with Gasteiger partial charge in [0.05, 0.1) is 0 Å². The van der Waals surface area contributed by atoms with Crippen molar-refractivity contribution in [1.82, 2.24) is 19.8 Å². The summed E-state index contributed by atoms with van der Waals surface area (Å²) in [5.41, 5.74) is 1.26. The fourth-order valence-corrected chi connectivity index (χ4v) is 3.22. The predicted octanol–water partition coefficient (Wildman–Crippen LogP) is 4.31. The Bertz CT molecular complexity index is 979. The van der Waals surface area contributed by atoms with E-state index in [1.807, 2.05) is 12.1 Å². The fourth-order valence-electron chi connectivity index (χ4n) is 2.17. The lowest BCUT2D eigenvalue weighted by atomic mass is 10.2. The molecule has 0 atom stereocenters. The quantitative estimate of drug-likeness (QED) is 0.550. The molecule has 0 saturated carbocycles. The maximum atomic E-state index is 13.9. The van der Waals surface area contributed by atoms with Gasteiger partial charge in [0, 0.05) is 16.1 Å². The number of aromatic nitrogens is 4. The number of nitrogens with zero attached hydrogens (tertiary/aromatic N) is 4. The van der Waals surface area contributed by atoms with Crippen molar-refractivity contribution in [3.63, 3.8) is 0 Å². The molecule has 0 N–H and O–H groups in total. The van der Waals surface area contributed by atoms with Crippen molar-refractivity contribution >= 4 is 27.9 Å². The molecule has 0 aliphatic heterocycles. The van der Waals surface area contributed by atoms with Crippen molar-refractivity contribution in [1.29, 1.82) is 0 Å². The lowest BCUT2D eigenvalue weighted by molar-refractivity contribution is 0.631. The first-order chi connectivity index (χ1) is 10.7. The van der Waals surface area contributed by atoms with E-state index in [4.69, 9.17) is 11.6 Å². The van der Waals surface area contributed by atoms with E-state index in [1.165, 1.54) is 17.4 Å². The largest absolute Gasteiger partial charge is 0.235 e. The second-order valence-corrected chi connectivity index (χ2v) is 6.01. The zero-order valence-electron chi connectivity index (χ0n) is 11.1. The molecular weight excluding hydrogens is 323 g/mol. The van der Waals surface area contributed by atoms with Crippen molar-refractivity contribution in [2.75, 3.05) is 0 Å². The monoisotopic (exact) mass is 330 g/mol. The Balaban J connectivity index is 1.88. The minimum Gasteiger partial charge on any atom is -0.206 e. The molecule has 0 amide bonds. The Hall–Kier alpha value is -2.31. The molecule has 0 unspecified atom stereocenters. The van der Waals surface area contributed by atoms with Crippen LogP contribution in [0.5, 0.6) is 0 Å². The van der Waals surface area contributed by atoms with Gasteiger partial charge in [0.1, 0.15) is 5.82 Å². The minimum atomic E-state index is -0.309. The molecule has 0 aliphatic rings. The number of halogens is 2. The number of fused-ring (bicyclic) bond motifs is 1. The van der Waals surface area contributed by atoms with Gasteiger partial charge in [-0.05, 0) is 24.3 Å². The van der Waals surface area contributed by atoms with E-state index < -0.39 is 0 Å². The van der Waals surface area contributed by atoms with E-state index in [0.717, 1.165) is 5.56 Å². The van der Waals surface area contributed by atoms with Crippen LogP contribution < -0.4 is 0 Å². The van der Waals surface area contributed by atoms with E-state index in [2.05, 4.69) is 15.3 Å². The average molecular weight is 331 g/mol. The summed E-state index contributed by atoms with van der Waals surface area (Å²) < 4.78 is 15.5. The van der Waals surface area contributed by atoms with Crippen molar-refractivity contribution in [3.8, 4) is 22.0 Å². The number of hydrogen-bond donors (Lipinski definition) is 0. The van der Waals surface area contributed by atoms with Crippen LogP contribution in [-0.4, -0.2) is 19.8 Å². The van der Waals surface area contributed by atoms with E-state index in [9.17, 15) is 4.39 Å². The second-order valence-electron chi connectivity index (χ2n) is 4.62. The highest BCUT2D eigenvalue weighted by Gasteiger charge is 2.16. The molecule has 0 saturated heterocycles. The Labute approximate surface area is 133 Å². The third-order valence-corrected chi connectivity index (χ3v) is 4.35. The highest BCUT2D eigenvalue weighted by molar-refractivity contribution is 7.19. The first-order valence-corrected chi connectivity index (χ1v) is 7.65. The summed E-state index contributed by atoms with van der Waals surface area (Å²) in [4.78, 5) is 0.605. The molecule has 0 aliphatic carbocycles. The molecule has 22 heavy (non-hydrogen) atoms. The summed E-state index contributed by atoms with van der Waals surface area (Å²) in [6.45, 7) is 0. The summed E-state index contributed by atoms with van der Waals surface area (Å²) >= 11 is 7.30. The van der Waals surface area contributed by atoms with Crippen LogP contribution in [0.15, 0.2) is 48.5 Å². The van der Waals surface area contributed by atoms with E-state index >= 15 is 0 Å². The molecule has 0 radical (unpaired) electrons. The molecule has 2 aromatic heterocycles. The van der Waals surface area contributed by atoms with Gasteiger partial charge >= 0.3 is 0 Å². The normalized spacial score (nSPS) is 11.2. The molecule has 108 valence electrons. The van der Waals surface area contributed by atoms with Gasteiger partial charge in [-0.1, -0.05) is 47.2 Å². The maximum Gasteiger partial charge on any atom is 0.235 e. The molecule has 4 rings (SSSR count). The molecule has 2 heterocycles. The van der Waals surface area contributed by atoms with Crippen LogP contribution in [0.1, 0.15) is 0 Å². The lowest BCUT2D eigenvalue weighted by Crippen LogP contribution is -1.91. The first-order valence-electron chi connectivity index (χ1n) is 6.45. The second kappa shape index (κ2) is 5.15. The summed E-state index contributed by atoms with van der Waals surface area (Å²) in [5.74, 6) is 0.271. The van der Waals surface area contributed by atoms with Gasteiger partial charge in [-0.25, -0.2) is 4.39 Å². The third kappa shape index (κ3) is 2.17. The van der Waals surface area contributed by atoms with Crippen LogP contribution in [0.2, 0.25) is 5.02 Å². The molecule has 0 bridgehead atoms. The smallest absolute Gasteiger partial charge is 0.206 e. The Morgan fingerprint density at radius 2 is 1.91 bits per heavy atom. The Morgan fingerprint density at radius 1 is 1.05 bits per heavy atom. The van der Waals surface area contributed by atoms with Gasteiger partial charge in [0.2, 0.25) is 4.96 Å². The number of rotatable bonds is 2. The summed E-state index contributed by atoms with van der Waals surface area (Å²) in [7, 11) is 0. The molecule has 2 aromatic carbocycles. The zero-order valence-corrected chi connectivity index (χ0v) is 12.6. The van der Waals surface area contributed by atoms with Crippen LogP contribution in [-0.2, 0) is 0 Å². The number of benzene rings is 2. The van der Waals surface area contributed by atoms with Gasteiger partial charge in [0.25, 0.3) is 0 Å². The van der Waals surface area contributed by atoms with Gasteiger partial charge in [0.15, 0.2) is 10.8 Å². The highest BCUT2D eigenvalue weighted by Crippen LogP contribution is 2.30. The van der Waals surface area contributed by atoms with Crippen molar-refractivity contribution in [3.05, 3.63) is 59.4 Å². The minimum absolute atomic E-state index is 0.309. The van der Waals surface area contributed by atoms with Crippen LogP contribution >= 0.6 is 22.9 Å².